The van der Waals surface area contributed by atoms with Crippen LogP contribution < -0.4 is 0 Å². The van der Waals surface area contributed by atoms with E-state index in [0.29, 0.717) is 108 Å². The van der Waals surface area contributed by atoms with E-state index in [1.54, 1.807) is 0 Å². The topological polar surface area (TPSA) is 0 Å². The largest absolute Gasteiger partial charge is 0.0651 e. The van der Waals surface area contributed by atoms with Crippen LogP contribution in [-0.4, -0.2) is 0 Å². The summed E-state index contributed by atoms with van der Waals surface area (Å²) in [4.78, 5) is 0. The minimum Gasteiger partial charge on any atom is -0.0651 e. The second-order valence-electron chi connectivity index (χ2n) is 70.4. The fourth-order valence-corrected chi connectivity index (χ4v) is 14.1. The predicted octanol–water partition coefficient (Wildman–Crippen LogP) is 53.9. The molecule has 0 heterocycles. The molecule has 0 bridgehead atoms. The Balaban J connectivity index is -0.000000130. The first-order chi connectivity index (χ1) is 63.0. The molecular formula is C145H314. The van der Waals surface area contributed by atoms with Gasteiger partial charge in [0, 0.05) is 0 Å². The highest BCUT2D eigenvalue weighted by Crippen LogP contribution is 2.61. The molecule has 5 aliphatic carbocycles. The molecule has 0 radical (unpaired) electrons. The lowest BCUT2D eigenvalue weighted by Crippen LogP contribution is -2.41. The van der Waals surface area contributed by atoms with E-state index in [9.17, 15) is 0 Å². The normalized spacial score (nSPS) is 18.8. The van der Waals surface area contributed by atoms with Crippen molar-refractivity contribution in [2.75, 3.05) is 0 Å². The average Bonchev–Trinajstić information content (AvgIpc) is 1.63. The Morgan fingerprint density at radius 1 is 0.255 bits per heavy atom. The Morgan fingerprint density at radius 2 is 0.524 bits per heavy atom. The summed E-state index contributed by atoms with van der Waals surface area (Å²) in [6.07, 6.45) is 32.0. The van der Waals surface area contributed by atoms with Gasteiger partial charge in [0.1, 0.15) is 0 Å². The second-order valence-corrected chi connectivity index (χ2v) is 70.4. The van der Waals surface area contributed by atoms with Crippen molar-refractivity contribution in [1.82, 2.24) is 0 Å². The summed E-state index contributed by atoms with van der Waals surface area (Å²) in [5.41, 5.74) is 9.83. The van der Waals surface area contributed by atoms with Gasteiger partial charge in [0.15, 0.2) is 0 Å². The third-order valence-electron chi connectivity index (χ3n) is 43.1. The van der Waals surface area contributed by atoms with Crippen molar-refractivity contribution < 1.29 is 0 Å². The summed E-state index contributed by atoms with van der Waals surface area (Å²) >= 11 is 0. The van der Waals surface area contributed by atoms with Crippen LogP contribution in [0, 0.1) is 220 Å². The summed E-state index contributed by atoms with van der Waals surface area (Å²) in [6.45, 7) is 193. The van der Waals surface area contributed by atoms with Crippen molar-refractivity contribution in [2.24, 2.45) is 220 Å². The molecule has 0 amide bonds. The molecule has 5 rings (SSSR count). The Hall–Kier alpha value is 0. The Labute approximate surface area is 936 Å². The second kappa shape index (κ2) is 72.2. The van der Waals surface area contributed by atoms with Gasteiger partial charge in [-0.05, 0) is 252 Å². The van der Waals surface area contributed by atoms with Crippen LogP contribution in [0.15, 0.2) is 0 Å². The van der Waals surface area contributed by atoms with Gasteiger partial charge in [0.05, 0.1) is 0 Å². The van der Waals surface area contributed by atoms with E-state index in [1.165, 1.54) is 141 Å². The van der Waals surface area contributed by atoms with Crippen LogP contribution in [0.4, 0.5) is 0 Å². The van der Waals surface area contributed by atoms with Crippen molar-refractivity contribution in [3.63, 3.8) is 0 Å². The third kappa shape index (κ3) is 85.8. The lowest BCUT2D eigenvalue weighted by atomic mass is 9.56. The molecule has 0 heteroatoms. The molecule has 5 fully saturated rings. The quantitative estimate of drug-likeness (QED) is 0.172. The predicted molar refractivity (Wildman–Crippen MR) is 692 cm³/mol. The minimum absolute atomic E-state index is 0.375. The number of hydrogen-bond acceptors (Lipinski definition) is 0. The van der Waals surface area contributed by atoms with Gasteiger partial charge in [-0.3, -0.25) is 0 Å². The molecule has 3 unspecified atom stereocenters. The molecule has 0 spiro atoms. The number of rotatable bonds is 13. The summed E-state index contributed by atoms with van der Waals surface area (Å²) < 4.78 is 0. The molecule has 0 saturated heterocycles. The standard InChI is InChI=1S/C11H24.2C10H22.3C9H20.3C8H16.7C8H18.C7H12/c1-9(2,3)11(7,8)10(4,5)6;1-8(9(2,3)4)10(5,6)7;1-8(2)10(6,7)9(3,4)5;1-7-9(5,6)8(2,3)4;1-7(2)8(3)9(4,5)6;1-7(2)9(5,6)8(3)4;1-7-4-3-5-8(2)6-7;1-7-5-3-4-6-8(7)2;1-2-8-6-4-3-5-7-8;3*1-7(2,3)8(4,5)6;2*1-6-7(2)8(3,4)5;1-6-8(4,5)7(2)3;1-6(2)8(5)7(3)4;1-7(4-5-7)6-2-3-6/h1-8H3;2*8H,1-7H3;7H2,1-6H3;2*7-8H,1-6H3;2*7-8H,3-6H2,1-2H3;8H,2-7H2,1H3;3*1-6H3;3*7H,6H2,1-5H3;6-8H,1-5H3;6H,2-5H2,1H3/t;;;;8-;;2*7-,8?;;;;;7-;;;;/m....1.11....1..../s1. The summed E-state index contributed by atoms with van der Waals surface area (Å²) in [6, 6.07) is 0. The van der Waals surface area contributed by atoms with Crippen LogP contribution in [0.3, 0.4) is 0 Å². The molecule has 0 aromatic rings. The van der Waals surface area contributed by atoms with E-state index >= 15 is 0 Å². The molecule has 0 N–H and O–H groups in total. The fraction of sp³-hybridized carbons (Fsp3) is 1.00. The molecule has 5 saturated carbocycles. The van der Waals surface area contributed by atoms with Crippen LogP contribution in [0.25, 0.3) is 0 Å². The van der Waals surface area contributed by atoms with Crippen LogP contribution in [0.1, 0.15) is 723 Å². The van der Waals surface area contributed by atoms with Crippen molar-refractivity contribution in [3.8, 4) is 0 Å². The molecule has 0 aromatic carbocycles. The maximum atomic E-state index is 2.44. The molecule has 0 aromatic heterocycles. The summed E-state index contributed by atoms with van der Waals surface area (Å²) in [5.74, 6) is 16.1. The van der Waals surface area contributed by atoms with Gasteiger partial charge < -0.3 is 0 Å². The van der Waals surface area contributed by atoms with Crippen LogP contribution in [0.5, 0.6) is 0 Å². The Bertz CT molecular complexity index is 2710. The first kappa shape index (κ1) is 170. The average molecular weight is 2060 g/mol. The lowest BCUT2D eigenvalue weighted by molar-refractivity contribution is 0.00574. The minimum atomic E-state index is 0.375. The highest BCUT2D eigenvalue weighted by Gasteiger charge is 2.50. The van der Waals surface area contributed by atoms with E-state index in [4.69, 9.17) is 0 Å². The number of hydrogen-bond donors (Lipinski definition) is 0. The van der Waals surface area contributed by atoms with Crippen LogP contribution >= 0.6 is 0 Å². The van der Waals surface area contributed by atoms with Gasteiger partial charge >= 0.3 is 0 Å². The maximum Gasteiger partial charge on any atom is -0.0257 e. The monoisotopic (exact) mass is 2060 g/mol. The SMILES string of the molecule is CC(C(C)(C)C)C(C)(C)C.CC(C)(C)C(C)(C)C.CC(C)(C)C(C)(C)C.CC(C)(C)C(C)(C)C.CC(C)(C)C(C)(C)C(C)(C)C.CC(C)C(C)(C)C(C)(C)C.CC(C)C(C)(C)C(C)C.CC(C)C(C)C(C)C.CC(C)[C@@H](C)C(C)(C)C.CC1(C2CC2)CC1.CC1CCCC[C@H]1C.CC1CCC[C@@H](C)C1.CCC(C)(C)C(C)(C)C.CCC(C)(C)C(C)C.CCC(C)C(C)(C)C.CCC1CCCCC1.CC[C@@H](C)C(C)(C)C. The third-order valence-corrected chi connectivity index (χ3v) is 43.1. The van der Waals surface area contributed by atoms with E-state index < -0.39 is 0 Å². The summed E-state index contributed by atoms with van der Waals surface area (Å²) in [5, 5.41) is 0. The van der Waals surface area contributed by atoms with E-state index in [-0.39, 0.29) is 0 Å². The zero-order valence-corrected chi connectivity index (χ0v) is 120. The summed E-state index contributed by atoms with van der Waals surface area (Å²) in [7, 11) is 0. The van der Waals surface area contributed by atoms with Gasteiger partial charge in [-0.2, -0.15) is 0 Å². The van der Waals surface area contributed by atoms with Gasteiger partial charge in [-0.25, -0.2) is 0 Å². The molecule has 0 aliphatic heterocycles. The van der Waals surface area contributed by atoms with Gasteiger partial charge in [-0.15, -0.1) is 0 Å². The van der Waals surface area contributed by atoms with Gasteiger partial charge in [-0.1, -0.05) is 691 Å². The molecule has 145 heavy (non-hydrogen) atoms. The molecule has 5 aliphatic rings. The van der Waals surface area contributed by atoms with Crippen LogP contribution in [0.2, 0.25) is 0 Å². The van der Waals surface area contributed by atoms with E-state index in [2.05, 4.69) is 582 Å². The molecule has 0 nitrogen and oxygen atoms in total. The van der Waals surface area contributed by atoms with Crippen molar-refractivity contribution in [2.45, 2.75) is 723 Å². The van der Waals surface area contributed by atoms with E-state index in [1.807, 2.05) is 0 Å². The fourth-order valence-electron chi connectivity index (χ4n) is 14.1. The highest BCUT2D eigenvalue weighted by atomic mass is 14.5. The zero-order valence-electron chi connectivity index (χ0n) is 120. The molecule has 894 valence electrons. The first-order valence-corrected chi connectivity index (χ1v) is 63.0. The van der Waals surface area contributed by atoms with Crippen molar-refractivity contribution in [1.29, 1.82) is 0 Å². The van der Waals surface area contributed by atoms with Crippen LogP contribution in [-0.2, 0) is 0 Å². The highest BCUT2D eigenvalue weighted by molar-refractivity contribution is 5.00. The maximum absolute atomic E-state index is 2.44. The lowest BCUT2D eigenvalue weighted by Gasteiger charge is -2.49. The van der Waals surface area contributed by atoms with Gasteiger partial charge in [0.25, 0.3) is 0 Å². The Morgan fingerprint density at radius 3 is 0.579 bits per heavy atom. The Kier molecular flexibility index (Phi) is 84.6. The smallest absolute Gasteiger partial charge is 0.0257 e. The van der Waals surface area contributed by atoms with Gasteiger partial charge in [0.2, 0.25) is 0 Å². The zero-order chi connectivity index (χ0) is 120. The molecular weight excluding hydrogens is 1740 g/mol. The van der Waals surface area contributed by atoms with Crippen molar-refractivity contribution in [3.05, 3.63) is 0 Å². The van der Waals surface area contributed by atoms with E-state index in [0.717, 1.165) is 112 Å². The molecule has 7 atom stereocenters. The first-order valence-electron chi connectivity index (χ1n) is 63.0. The van der Waals surface area contributed by atoms with Crippen molar-refractivity contribution >= 4 is 0 Å².